The second-order valence-electron chi connectivity index (χ2n) is 6.70. The summed E-state index contributed by atoms with van der Waals surface area (Å²) in [5, 5.41) is 14.2. The van der Waals surface area contributed by atoms with Crippen molar-refractivity contribution in [3.63, 3.8) is 0 Å². The predicted molar refractivity (Wildman–Crippen MR) is 119 cm³/mol. The third kappa shape index (κ3) is 4.81. The molecule has 0 bridgehead atoms. The summed E-state index contributed by atoms with van der Waals surface area (Å²) in [5.41, 5.74) is 3.08. The number of ether oxygens (including phenoxy) is 1. The normalized spacial score (nSPS) is 10.5. The molecule has 0 aliphatic heterocycles. The first-order valence-corrected chi connectivity index (χ1v) is 9.82. The Bertz CT molecular complexity index is 1210. The summed E-state index contributed by atoms with van der Waals surface area (Å²) in [6, 6.07) is 17.1. The van der Waals surface area contributed by atoms with E-state index in [9.17, 15) is 4.79 Å². The molecule has 9 heteroatoms. The highest BCUT2D eigenvalue weighted by atomic mass is 35.5. The average molecular weight is 435 g/mol. The van der Waals surface area contributed by atoms with Crippen LogP contribution in [0.15, 0.2) is 67.0 Å². The maximum absolute atomic E-state index is 12.1. The molecule has 2 aromatic carbocycles. The summed E-state index contributed by atoms with van der Waals surface area (Å²) >= 11 is 6.05. The van der Waals surface area contributed by atoms with Crippen LogP contribution >= 0.6 is 11.6 Å². The lowest BCUT2D eigenvalue weighted by molar-refractivity contribution is 0.262. The van der Waals surface area contributed by atoms with Crippen LogP contribution in [0.2, 0.25) is 5.02 Å². The monoisotopic (exact) mass is 434 g/mol. The molecule has 4 aromatic rings. The van der Waals surface area contributed by atoms with Crippen LogP contribution in [-0.4, -0.2) is 25.8 Å². The highest BCUT2D eigenvalue weighted by Crippen LogP contribution is 2.23. The molecule has 0 fully saturated rings. The molecule has 2 aromatic heterocycles. The molecule has 2 heterocycles. The van der Waals surface area contributed by atoms with E-state index in [1.165, 1.54) is 0 Å². The number of anilines is 2. The fourth-order valence-corrected chi connectivity index (χ4v) is 2.98. The molecule has 2 N–H and O–H groups in total. The third-order valence-corrected chi connectivity index (χ3v) is 4.91. The van der Waals surface area contributed by atoms with Gasteiger partial charge in [0.2, 0.25) is 5.88 Å². The number of amides is 2. The molecule has 0 saturated heterocycles. The lowest BCUT2D eigenvalue weighted by Crippen LogP contribution is -2.19. The Morgan fingerprint density at radius 1 is 0.968 bits per heavy atom. The number of hydrogen-bond donors (Lipinski definition) is 2. The minimum atomic E-state index is -0.395. The molecule has 0 spiro atoms. The van der Waals surface area contributed by atoms with Crippen LogP contribution in [0.4, 0.5) is 16.2 Å². The summed E-state index contributed by atoms with van der Waals surface area (Å²) in [4.78, 5) is 16.4. The lowest BCUT2D eigenvalue weighted by atomic mass is 10.3. The third-order valence-electron chi connectivity index (χ3n) is 4.58. The first-order chi connectivity index (χ1) is 15.0. The number of para-hydroxylation sites is 1. The van der Waals surface area contributed by atoms with Crippen LogP contribution in [0.1, 0.15) is 11.4 Å². The number of halogens is 1. The van der Waals surface area contributed by atoms with Crippen LogP contribution in [0, 0.1) is 13.8 Å². The van der Waals surface area contributed by atoms with Crippen molar-refractivity contribution in [3.8, 4) is 17.4 Å². The number of benzene rings is 2. The van der Waals surface area contributed by atoms with Gasteiger partial charge in [-0.05, 0) is 56.3 Å². The van der Waals surface area contributed by atoms with Gasteiger partial charge in [0.05, 0.1) is 16.4 Å². The van der Waals surface area contributed by atoms with Gasteiger partial charge in [-0.15, -0.1) is 10.2 Å². The molecule has 4 rings (SSSR count). The van der Waals surface area contributed by atoms with Gasteiger partial charge < -0.3 is 15.4 Å². The number of carbonyl (C=O) groups is 1. The first-order valence-electron chi connectivity index (χ1n) is 9.45. The van der Waals surface area contributed by atoms with Crippen molar-refractivity contribution in [2.45, 2.75) is 13.8 Å². The van der Waals surface area contributed by atoms with Crippen molar-refractivity contribution >= 4 is 29.0 Å². The van der Waals surface area contributed by atoms with E-state index in [1.807, 2.05) is 24.5 Å². The summed E-state index contributed by atoms with van der Waals surface area (Å²) in [7, 11) is 0. The zero-order chi connectivity index (χ0) is 21.8. The van der Waals surface area contributed by atoms with Crippen molar-refractivity contribution in [3.05, 3.63) is 83.4 Å². The van der Waals surface area contributed by atoms with Gasteiger partial charge in [-0.25, -0.2) is 9.78 Å². The van der Waals surface area contributed by atoms with Gasteiger partial charge in [-0.3, -0.25) is 4.57 Å². The SMILES string of the molecule is Cc1ncn(-c2ccc(Oc3ccc(NC(=O)Nc4ccccc4Cl)cc3)nn2)c1C. The minimum absolute atomic E-state index is 0.357. The fourth-order valence-electron chi connectivity index (χ4n) is 2.80. The molecule has 0 radical (unpaired) electrons. The van der Waals surface area contributed by atoms with Crippen LogP contribution in [-0.2, 0) is 0 Å². The smallest absolute Gasteiger partial charge is 0.323 e. The van der Waals surface area contributed by atoms with Crippen LogP contribution in [0.3, 0.4) is 0 Å². The van der Waals surface area contributed by atoms with Crippen molar-refractivity contribution < 1.29 is 9.53 Å². The zero-order valence-electron chi connectivity index (χ0n) is 16.8. The van der Waals surface area contributed by atoms with Crippen molar-refractivity contribution in [1.29, 1.82) is 0 Å². The number of rotatable bonds is 5. The highest BCUT2D eigenvalue weighted by molar-refractivity contribution is 6.33. The Kier molecular flexibility index (Phi) is 5.81. The van der Waals surface area contributed by atoms with Gasteiger partial charge in [0.15, 0.2) is 5.82 Å². The van der Waals surface area contributed by atoms with E-state index in [0.29, 0.717) is 33.8 Å². The van der Waals surface area contributed by atoms with Gasteiger partial charge in [-0.2, -0.15) is 0 Å². The van der Waals surface area contributed by atoms with Crippen molar-refractivity contribution in [2.24, 2.45) is 0 Å². The minimum Gasteiger partial charge on any atom is -0.438 e. The van der Waals surface area contributed by atoms with E-state index in [0.717, 1.165) is 11.4 Å². The molecule has 31 heavy (non-hydrogen) atoms. The van der Waals surface area contributed by atoms with Crippen LogP contribution in [0.5, 0.6) is 11.6 Å². The van der Waals surface area contributed by atoms with Crippen molar-refractivity contribution in [2.75, 3.05) is 10.6 Å². The van der Waals surface area contributed by atoms with Crippen molar-refractivity contribution in [1.82, 2.24) is 19.7 Å². The Morgan fingerprint density at radius 3 is 2.39 bits per heavy atom. The Hall–Kier alpha value is -3.91. The van der Waals surface area contributed by atoms with Gasteiger partial charge in [-0.1, -0.05) is 23.7 Å². The van der Waals surface area contributed by atoms with E-state index in [2.05, 4.69) is 25.8 Å². The number of hydrogen-bond acceptors (Lipinski definition) is 5. The first kappa shape index (κ1) is 20.4. The summed E-state index contributed by atoms with van der Waals surface area (Å²) in [6.45, 7) is 3.91. The molecule has 0 saturated carbocycles. The molecular formula is C22H19ClN6O2. The molecule has 0 aliphatic rings. The quantitative estimate of drug-likeness (QED) is 0.440. The van der Waals surface area contributed by atoms with E-state index in [-0.39, 0.29) is 0 Å². The van der Waals surface area contributed by atoms with Gasteiger partial charge in [0, 0.05) is 17.4 Å². The number of carbonyl (C=O) groups excluding carboxylic acids is 1. The second-order valence-corrected chi connectivity index (χ2v) is 7.11. The standard InChI is InChI=1S/C22H19ClN6O2/c1-14-15(2)29(13-24-14)20-11-12-21(28-27-20)31-17-9-7-16(8-10-17)25-22(30)26-19-6-4-3-5-18(19)23/h3-13H,1-2H3,(H2,25,26,30). The molecule has 2 amide bonds. The number of urea groups is 1. The maximum Gasteiger partial charge on any atom is 0.323 e. The fraction of sp³-hybridized carbons (Fsp3) is 0.0909. The Balaban J connectivity index is 1.36. The van der Waals surface area contributed by atoms with E-state index in [1.54, 1.807) is 60.9 Å². The predicted octanol–water partition coefficient (Wildman–Crippen LogP) is 5.37. The van der Waals surface area contributed by atoms with E-state index in [4.69, 9.17) is 16.3 Å². The summed E-state index contributed by atoms with van der Waals surface area (Å²) in [6.07, 6.45) is 1.71. The number of aromatic nitrogens is 4. The Morgan fingerprint density at radius 2 is 1.74 bits per heavy atom. The molecule has 0 atom stereocenters. The molecule has 0 unspecified atom stereocenters. The summed E-state index contributed by atoms with van der Waals surface area (Å²) in [5.74, 6) is 1.58. The number of imidazole rings is 1. The van der Waals surface area contributed by atoms with Crippen LogP contribution < -0.4 is 15.4 Å². The number of nitrogens with zero attached hydrogens (tertiary/aromatic N) is 4. The second kappa shape index (κ2) is 8.85. The maximum atomic E-state index is 12.1. The largest absolute Gasteiger partial charge is 0.438 e. The molecular weight excluding hydrogens is 416 g/mol. The average Bonchev–Trinajstić information content (AvgIpc) is 3.10. The molecule has 0 aliphatic carbocycles. The van der Waals surface area contributed by atoms with Crippen LogP contribution in [0.25, 0.3) is 5.82 Å². The van der Waals surface area contributed by atoms with E-state index < -0.39 is 6.03 Å². The molecule has 8 nitrogen and oxygen atoms in total. The topological polar surface area (TPSA) is 94.0 Å². The van der Waals surface area contributed by atoms with Gasteiger partial charge in [0.25, 0.3) is 0 Å². The lowest BCUT2D eigenvalue weighted by Gasteiger charge is -2.10. The molecule has 156 valence electrons. The van der Waals surface area contributed by atoms with Gasteiger partial charge >= 0.3 is 6.03 Å². The van der Waals surface area contributed by atoms with Gasteiger partial charge in [0.1, 0.15) is 12.1 Å². The highest BCUT2D eigenvalue weighted by Gasteiger charge is 2.08. The zero-order valence-corrected chi connectivity index (χ0v) is 17.6. The van der Waals surface area contributed by atoms with E-state index >= 15 is 0 Å². The number of aryl methyl sites for hydroxylation is 1. The summed E-state index contributed by atoms with van der Waals surface area (Å²) < 4.78 is 7.59. The Labute approximate surface area is 183 Å². The number of nitrogens with one attached hydrogen (secondary N) is 2.